The minimum absolute atomic E-state index is 0.0252. The maximum absolute atomic E-state index is 13.5. The van der Waals surface area contributed by atoms with Crippen LogP contribution in [0, 0.1) is 11.8 Å². The standard InChI is InChI=1S/C29H31NO6S2/c1-18(2)22-17-38-29(37)30(22)26(31)19(3)23-14-15-24(36-28(33)21-12-8-5-9-13-21)25(35-23)16-34-27(32)20-10-6-4-7-11-20/h4-15,18-19,22-25H,16-17H2,1-3H3/t19-,22-,23+,24-,25-/m1/s1. The van der Waals surface area contributed by atoms with Crippen LogP contribution in [0.25, 0.3) is 0 Å². The third-order valence-electron chi connectivity index (χ3n) is 6.62. The second kappa shape index (κ2) is 12.7. The first-order valence-electron chi connectivity index (χ1n) is 12.6. The lowest BCUT2D eigenvalue weighted by atomic mass is 9.96. The second-order valence-electron chi connectivity index (χ2n) is 9.61. The lowest BCUT2D eigenvalue weighted by Gasteiger charge is -2.36. The Bertz CT molecular complexity index is 1190. The van der Waals surface area contributed by atoms with Crippen molar-refractivity contribution in [1.29, 1.82) is 0 Å². The highest BCUT2D eigenvalue weighted by molar-refractivity contribution is 8.23. The maximum atomic E-state index is 13.5. The van der Waals surface area contributed by atoms with Gasteiger partial charge < -0.3 is 14.2 Å². The summed E-state index contributed by atoms with van der Waals surface area (Å²) in [7, 11) is 0. The van der Waals surface area contributed by atoms with Gasteiger partial charge in [0, 0.05) is 11.8 Å². The lowest BCUT2D eigenvalue weighted by molar-refractivity contribution is -0.143. The molecule has 0 unspecified atom stereocenters. The van der Waals surface area contributed by atoms with Gasteiger partial charge in [-0.05, 0) is 36.3 Å². The first kappa shape index (κ1) is 28.0. The van der Waals surface area contributed by atoms with E-state index < -0.39 is 36.2 Å². The molecule has 0 radical (unpaired) electrons. The third-order valence-corrected chi connectivity index (χ3v) is 8.13. The highest BCUT2D eigenvalue weighted by Gasteiger charge is 2.42. The zero-order chi connectivity index (χ0) is 27.2. The van der Waals surface area contributed by atoms with Crippen LogP contribution in [-0.2, 0) is 19.0 Å². The van der Waals surface area contributed by atoms with Crippen LogP contribution >= 0.6 is 24.0 Å². The summed E-state index contributed by atoms with van der Waals surface area (Å²) in [6, 6.07) is 17.3. The predicted molar refractivity (Wildman–Crippen MR) is 150 cm³/mol. The number of carbonyl (C=O) groups is 3. The molecule has 0 saturated carbocycles. The van der Waals surface area contributed by atoms with Crippen molar-refractivity contribution in [3.8, 4) is 0 Å². The fraction of sp³-hybridized carbons (Fsp3) is 0.379. The molecular formula is C29H31NO6S2. The van der Waals surface area contributed by atoms with Crippen molar-refractivity contribution in [2.75, 3.05) is 12.4 Å². The molecule has 5 atom stereocenters. The van der Waals surface area contributed by atoms with Gasteiger partial charge >= 0.3 is 11.9 Å². The number of hydrogen-bond donors (Lipinski definition) is 0. The summed E-state index contributed by atoms with van der Waals surface area (Å²) in [5.74, 6) is -0.683. The van der Waals surface area contributed by atoms with Gasteiger partial charge in [-0.15, -0.1) is 0 Å². The molecule has 2 heterocycles. The molecule has 1 saturated heterocycles. The zero-order valence-electron chi connectivity index (χ0n) is 21.5. The van der Waals surface area contributed by atoms with E-state index >= 15 is 0 Å². The number of amides is 1. The highest BCUT2D eigenvalue weighted by Crippen LogP contribution is 2.32. The van der Waals surface area contributed by atoms with Gasteiger partial charge in [-0.25, -0.2) is 9.59 Å². The van der Waals surface area contributed by atoms with Crippen molar-refractivity contribution in [3.05, 3.63) is 83.9 Å². The van der Waals surface area contributed by atoms with Crippen LogP contribution in [0.2, 0.25) is 0 Å². The Balaban J connectivity index is 1.50. The molecule has 0 bridgehead atoms. The van der Waals surface area contributed by atoms with Gasteiger partial charge in [0.1, 0.15) is 23.1 Å². The molecule has 200 valence electrons. The van der Waals surface area contributed by atoms with E-state index in [-0.39, 0.29) is 24.5 Å². The lowest BCUT2D eigenvalue weighted by Crippen LogP contribution is -2.49. The molecular weight excluding hydrogens is 522 g/mol. The topological polar surface area (TPSA) is 82.1 Å². The van der Waals surface area contributed by atoms with Gasteiger partial charge in [-0.2, -0.15) is 0 Å². The van der Waals surface area contributed by atoms with Crippen LogP contribution in [0.1, 0.15) is 41.5 Å². The summed E-state index contributed by atoms with van der Waals surface area (Å²) in [5, 5.41) is 0. The molecule has 2 aromatic carbocycles. The van der Waals surface area contributed by atoms with Gasteiger partial charge in [-0.1, -0.05) is 87.2 Å². The average Bonchev–Trinajstić information content (AvgIpc) is 3.34. The molecule has 2 aliphatic rings. The number of hydrogen-bond acceptors (Lipinski definition) is 8. The number of nitrogens with zero attached hydrogens (tertiary/aromatic N) is 1. The van der Waals surface area contributed by atoms with Crippen LogP contribution in [0.3, 0.4) is 0 Å². The number of carbonyl (C=O) groups excluding carboxylic acids is 3. The molecule has 0 aromatic heterocycles. The first-order valence-corrected chi connectivity index (χ1v) is 14.0. The van der Waals surface area contributed by atoms with E-state index in [1.165, 1.54) is 11.8 Å². The SMILES string of the molecule is CC(C)[C@H]1CSC(=S)N1C(=O)[C@H](C)[C@@H]1C=C[C@@H](OC(=O)c2ccccc2)[C@@H](COC(=O)c2ccccc2)O1. The summed E-state index contributed by atoms with van der Waals surface area (Å²) >= 11 is 6.99. The van der Waals surface area contributed by atoms with Crippen molar-refractivity contribution in [1.82, 2.24) is 4.90 Å². The largest absolute Gasteiger partial charge is 0.459 e. The summed E-state index contributed by atoms with van der Waals surface area (Å²) < 4.78 is 18.1. The Labute approximate surface area is 232 Å². The van der Waals surface area contributed by atoms with E-state index in [0.29, 0.717) is 15.4 Å². The number of benzene rings is 2. The smallest absolute Gasteiger partial charge is 0.338 e. The molecule has 1 fully saturated rings. The Morgan fingerprint density at radius 3 is 2.18 bits per heavy atom. The second-order valence-corrected chi connectivity index (χ2v) is 11.3. The van der Waals surface area contributed by atoms with Crippen molar-refractivity contribution in [2.24, 2.45) is 11.8 Å². The highest BCUT2D eigenvalue weighted by atomic mass is 32.2. The summed E-state index contributed by atoms with van der Waals surface area (Å²) in [5.41, 5.74) is 0.794. The fourth-order valence-corrected chi connectivity index (χ4v) is 5.96. The minimum Gasteiger partial charge on any atom is -0.459 e. The molecule has 1 amide bonds. The predicted octanol–water partition coefficient (Wildman–Crippen LogP) is 4.91. The molecule has 38 heavy (non-hydrogen) atoms. The van der Waals surface area contributed by atoms with Crippen LogP contribution in [-0.4, -0.2) is 63.8 Å². The fourth-order valence-electron chi connectivity index (χ4n) is 4.32. The zero-order valence-corrected chi connectivity index (χ0v) is 23.2. The maximum Gasteiger partial charge on any atom is 0.338 e. The van der Waals surface area contributed by atoms with E-state index in [1.54, 1.807) is 72.5 Å². The van der Waals surface area contributed by atoms with E-state index in [4.69, 9.17) is 26.4 Å². The molecule has 9 heteroatoms. The Kier molecular flexibility index (Phi) is 9.35. The number of thiocarbonyl (C=S) groups is 1. The molecule has 0 spiro atoms. The number of esters is 2. The monoisotopic (exact) mass is 553 g/mol. The number of rotatable bonds is 8. The molecule has 7 nitrogen and oxygen atoms in total. The van der Waals surface area contributed by atoms with Gasteiger partial charge in [-0.3, -0.25) is 9.69 Å². The Morgan fingerprint density at radius 2 is 1.58 bits per heavy atom. The summed E-state index contributed by atoms with van der Waals surface area (Å²) in [6.45, 7) is 5.78. The number of thioether (sulfide) groups is 1. The van der Waals surface area contributed by atoms with Gasteiger partial charge in [0.15, 0.2) is 0 Å². The summed E-state index contributed by atoms with van der Waals surface area (Å²) in [6.07, 6.45) is 1.21. The van der Waals surface area contributed by atoms with Crippen LogP contribution in [0.4, 0.5) is 0 Å². The van der Waals surface area contributed by atoms with E-state index in [2.05, 4.69) is 13.8 Å². The third kappa shape index (κ3) is 6.51. The minimum atomic E-state index is -0.809. The average molecular weight is 554 g/mol. The quantitative estimate of drug-likeness (QED) is 0.259. The Morgan fingerprint density at radius 1 is 0.974 bits per heavy atom. The van der Waals surface area contributed by atoms with Crippen molar-refractivity contribution < 1.29 is 28.6 Å². The molecule has 0 N–H and O–H groups in total. The molecule has 2 aliphatic heterocycles. The van der Waals surface area contributed by atoms with Crippen LogP contribution in [0.5, 0.6) is 0 Å². The van der Waals surface area contributed by atoms with Gasteiger partial charge in [0.05, 0.1) is 23.1 Å². The Hall–Kier alpha value is -3.01. The van der Waals surface area contributed by atoms with Crippen molar-refractivity contribution in [2.45, 2.75) is 45.1 Å². The molecule has 0 aliphatic carbocycles. The van der Waals surface area contributed by atoms with Crippen LogP contribution < -0.4 is 0 Å². The van der Waals surface area contributed by atoms with E-state index in [0.717, 1.165) is 5.75 Å². The van der Waals surface area contributed by atoms with Crippen molar-refractivity contribution in [3.63, 3.8) is 0 Å². The van der Waals surface area contributed by atoms with Crippen LogP contribution in [0.15, 0.2) is 72.8 Å². The first-order chi connectivity index (χ1) is 18.3. The van der Waals surface area contributed by atoms with E-state index in [9.17, 15) is 14.4 Å². The van der Waals surface area contributed by atoms with Crippen molar-refractivity contribution >= 4 is 46.1 Å². The van der Waals surface area contributed by atoms with E-state index in [1.807, 2.05) is 12.1 Å². The number of ether oxygens (including phenoxy) is 3. The normalized spacial score (nSPS) is 23.8. The summed E-state index contributed by atoms with van der Waals surface area (Å²) in [4.78, 5) is 40.6. The molecule has 2 aromatic rings. The van der Waals surface area contributed by atoms with Gasteiger partial charge in [0.2, 0.25) is 5.91 Å². The molecule has 4 rings (SSSR count). The van der Waals surface area contributed by atoms with Gasteiger partial charge in [0.25, 0.3) is 0 Å².